The fourth-order valence-corrected chi connectivity index (χ4v) is 2.26. The van der Waals surface area contributed by atoms with Gasteiger partial charge in [-0.1, -0.05) is 12.8 Å². The molecule has 1 aliphatic carbocycles. The first-order chi connectivity index (χ1) is 6.13. The zero-order valence-electron chi connectivity index (χ0n) is 8.38. The monoisotopic (exact) mass is 179 g/mol. The number of hydrogen-bond acceptors (Lipinski definition) is 2. The molecule has 0 unspecified atom stereocenters. The normalized spacial score (nSPS) is 20.8. The molecule has 1 heterocycles. The Hall–Kier alpha value is -0.830. The standard InChI is InChI=1S/C10H17N3/c1-8-9(7-12-13(8)2)10(11)5-3-4-6-10/h7H,3-6,11H2,1-2H3. The topological polar surface area (TPSA) is 43.8 Å². The highest BCUT2D eigenvalue weighted by atomic mass is 15.3. The van der Waals surface area contributed by atoms with Crippen molar-refractivity contribution in [2.45, 2.75) is 38.1 Å². The van der Waals surface area contributed by atoms with Crippen LogP contribution < -0.4 is 5.73 Å². The highest BCUT2D eigenvalue weighted by Crippen LogP contribution is 2.37. The van der Waals surface area contributed by atoms with Crippen LogP contribution in [0.3, 0.4) is 0 Å². The molecule has 0 radical (unpaired) electrons. The Morgan fingerprint density at radius 2 is 2.08 bits per heavy atom. The molecule has 0 bridgehead atoms. The third-order valence-electron chi connectivity index (χ3n) is 3.27. The van der Waals surface area contributed by atoms with Gasteiger partial charge >= 0.3 is 0 Å². The summed E-state index contributed by atoms with van der Waals surface area (Å²) in [4.78, 5) is 0. The average Bonchev–Trinajstić information content (AvgIpc) is 2.63. The quantitative estimate of drug-likeness (QED) is 0.709. The molecule has 0 amide bonds. The van der Waals surface area contributed by atoms with E-state index < -0.39 is 0 Å². The molecule has 72 valence electrons. The van der Waals surface area contributed by atoms with Crippen LogP contribution in [0.1, 0.15) is 36.9 Å². The lowest BCUT2D eigenvalue weighted by Gasteiger charge is -2.23. The van der Waals surface area contributed by atoms with Gasteiger partial charge in [0.2, 0.25) is 0 Å². The third kappa shape index (κ3) is 1.27. The number of nitrogens with zero attached hydrogens (tertiary/aromatic N) is 2. The summed E-state index contributed by atoms with van der Waals surface area (Å²) in [5.41, 5.74) is 8.71. The molecule has 0 spiro atoms. The Balaban J connectivity index is 2.39. The van der Waals surface area contributed by atoms with Gasteiger partial charge in [-0.3, -0.25) is 4.68 Å². The zero-order valence-corrected chi connectivity index (χ0v) is 8.38. The highest BCUT2D eigenvalue weighted by Gasteiger charge is 2.33. The fraction of sp³-hybridized carbons (Fsp3) is 0.700. The molecule has 1 aliphatic rings. The van der Waals surface area contributed by atoms with Crippen LogP contribution in [0.5, 0.6) is 0 Å². The summed E-state index contributed by atoms with van der Waals surface area (Å²) < 4.78 is 1.91. The van der Waals surface area contributed by atoms with E-state index in [0.717, 1.165) is 12.8 Å². The number of nitrogens with two attached hydrogens (primary N) is 1. The summed E-state index contributed by atoms with van der Waals surface area (Å²) in [6.07, 6.45) is 6.66. The molecule has 2 rings (SSSR count). The number of aryl methyl sites for hydroxylation is 1. The van der Waals surface area contributed by atoms with Crippen molar-refractivity contribution in [1.82, 2.24) is 9.78 Å². The van der Waals surface area contributed by atoms with E-state index in [1.54, 1.807) is 0 Å². The van der Waals surface area contributed by atoms with Crippen LogP contribution in [0.4, 0.5) is 0 Å². The van der Waals surface area contributed by atoms with Gasteiger partial charge < -0.3 is 5.73 Å². The van der Waals surface area contributed by atoms with Gasteiger partial charge in [0.1, 0.15) is 0 Å². The van der Waals surface area contributed by atoms with Crippen LogP contribution >= 0.6 is 0 Å². The lowest BCUT2D eigenvalue weighted by molar-refractivity contribution is 0.458. The summed E-state index contributed by atoms with van der Waals surface area (Å²) >= 11 is 0. The lowest BCUT2D eigenvalue weighted by Crippen LogP contribution is -2.33. The van der Waals surface area contributed by atoms with Crippen molar-refractivity contribution < 1.29 is 0 Å². The molecule has 0 aromatic carbocycles. The van der Waals surface area contributed by atoms with Gasteiger partial charge in [0, 0.05) is 23.8 Å². The Bertz CT molecular complexity index is 308. The predicted octanol–water partition coefficient (Wildman–Crippen LogP) is 1.46. The summed E-state index contributed by atoms with van der Waals surface area (Å²) in [6.45, 7) is 2.09. The number of aromatic nitrogens is 2. The molecule has 3 nitrogen and oxygen atoms in total. The Morgan fingerprint density at radius 3 is 2.54 bits per heavy atom. The maximum atomic E-state index is 6.34. The summed E-state index contributed by atoms with van der Waals surface area (Å²) in [5, 5.41) is 4.24. The summed E-state index contributed by atoms with van der Waals surface area (Å²) in [6, 6.07) is 0. The molecule has 3 heteroatoms. The van der Waals surface area contributed by atoms with Crippen LogP contribution in [0.25, 0.3) is 0 Å². The minimum absolute atomic E-state index is 0.0850. The van der Waals surface area contributed by atoms with E-state index in [-0.39, 0.29) is 5.54 Å². The van der Waals surface area contributed by atoms with Gasteiger partial charge in [-0.2, -0.15) is 5.10 Å². The van der Waals surface area contributed by atoms with Crippen LogP contribution in [0.2, 0.25) is 0 Å². The van der Waals surface area contributed by atoms with Gasteiger partial charge in [0.05, 0.1) is 6.20 Å². The van der Waals surface area contributed by atoms with Crippen molar-refractivity contribution in [3.63, 3.8) is 0 Å². The van der Waals surface area contributed by atoms with Gasteiger partial charge in [0.15, 0.2) is 0 Å². The Labute approximate surface area is 78.9 Å². The Morgan fingerprint density at radius 1 is 1.46 bits per heavy atom. The van der Waals surface area contributed by atoms with Crippen molar-refractivity contribution >= 4 is 0 Å². The van der Waals surface area contributed by atoms with Crippen LogP contribution in [-0.2, 0) is 12.6 Å². The molecule has 0 atom stereocenters. The molecule has 1 aromatic rings. The predicted molar refractivity (Wildman–Crippen MR) is 52.3 cm³/mol. The number of hydrogen-bond donors (Lipinski definition) is 1. The van der Waals surface area contributed by atoms with E-state index in [0.29, 0.717) is 0 Å². The molecular formula is C10H17N3. The second-order valence-corrected chi connectivity index (χ2v) is 4.13. The van der Waals surface area contributed by atoms with E-state index in [4.69, 9.17) is 5.73 Å². The first kappa shape index (κ1) is 8.75. The molecule has 13 heavy (non-hydrogen) atoms. The van der Waals surface area contributed by atoms with Crippen molar-refractivity contribution in [2.24, 2.45) is 12.8 Å². The second-order valence-electron chi connectivity index (χ2n) is 4.13. The Kier molecular flexibility index (Phi) is 1.91. The molecule has 1 aromatic heterocycles. The van der Waals surface area contributed by atoms with Gasteiger partial charge in [-0.25, -0.2) is 0 Å². The van der Waals surface area contributed by atoms with Gasteiger partial charge in [-0.05, 0) is 19.8 Å². The van der Waals surface area contributed by atoms with Crippen LogP contribution in [-0.4, -0.2) is 9.78 Å². The first-order valence-electron chi connectivity index (χ1n) is 4.91. The summed E-state index contributed by atoms with van der Waals surface area (Å²) in [5.74, 6) is 0. The zero-order chi connectivity index (χ0) is 9.47. The molecule has 1 fully saturated rings. The lowest BCUT2D eigenvalue weighted by atomic mass is 9.90. The highest BCUT2D eigenvalue weighted by molar-refractivity contribution is 5.26. The molecule has 0 saturated heterocycles. The SMILES string of the molecule is Cc1c(C2(N)CCCC2)cnn1C. The van der Waals surface area contributed by atoms with Crippen LogP contribution in [0, 0.1) is 6.92 Å². The smallest absolute Gasteiger partial charge is 0.0543 e. The number of rotatable bonds is 1. The summed E-state index contributed by atoms with van der Waals surface area (Å²) in [7, 11) is 1.97. The fourth-order valence-electron chi connectivity index (χ4n) is 2.26. The van der Waals surface area contributed by atoms with Crippen molar-refractivity contribution in [2.75, 3.05) is 0 Å². The van der Waals surface area contributed by atoms with Crippen molar-refractivity contribution in [3.8, 4) is 0 Å². The van der Waals surface area contributed by atoms with E-state index in [2.05, 4.69) is 12.0 Å². The van der Waals surface area contributed by atoms with E-state index in [1.807, 2.05) is 17.9 Å². The minimum atomic E-state index is -0.0850. The first-order valence-corrected chi connectivity index (χ1v) is 4.91. The van der Waals surface area contributed by atoms with Gasteiger partial charge in [-0.15, -0.1) is 0 Å². The molecule has 2 N–H and O–H groups in total. The molecule has 0 aliphatic heterocycles. The maximum absolute atomic E-state index is 6.34. The second kappa shape index (κ2) is 2.84. The van der Waals surface area contributed by atoms with E-state index in [1.165, 1.54) is 24.1 Å². The molecule has 1 saturated carbocycles. The average molecular weight is 179 g/mol. The van der Waals surface area contributed by atoms with Gasteiger partial charge in [0.25, 0.3) is 0 Å². The molecular weight excluding hydrogens is 162 g/mol. The maximum Gasteiger partial charge on any atom is 0.0543 e. The van der Waals surface area contributed by atoms with Crippen molar-refractivity contribution in [1.29, 1.82) is 0 Å². The third-order valence-corrected chi connectivity index (χ3v) is 3.27. The minimum Gasteiger partial charge on any atom is -0.321 e. The largest absolute Gasteiger partial charge is 0.321 e. The van der Waals surface area contributed by atoms with E-state index in [9.17, 15) is 0 Å². The van der Waals surface area contributed by atoms with Crippen molar-refractivity contribution in [3.05, 3.63) is 17.5 Å². The van der Waals surface area contributed by atoms with Crippen LogP contribution in [0.15, 0.2) is 6.20 Å². The van der Waals surface area contributed by atoms with E-state index >= 15 is 0 Å².